The van der Waals surface area contributed by atoms with Crippen molar-refractivity contribution in [1.82, 2.24) is 9.88 Å². The van der Waals surface area contributed by atoms with E-state index in [9.17, 15) is 0 Å². The fraction of sp³-hybridized carbons (Fsp3) is 0.294. The first kappa shape index (κ1) is 14.8. The van der Waals surface area contributed by atoms with Gasteiger partial charge in [-0.1, -0.05) is 29.8 Å². The summed E-state index contributed by atoms with van der Waals surface area (Å²) in [6.45, 7) is 4.71. The molecule has 0 aliphatic carbocycles. The molecule has 0 radical (unpaired) electrons. The lowest BCUT2D eigenvalue weighted by atomic mass is 10.2. The van der Waals surface area contributed by atoms with E-state index in [1.165, 1.54) is 5.56 Å². The monoisotopic (exact) mass is 312 g/mol. The average molecular weight is 313 g/mol. The van der Waals surface area contributed by atoms with Gasteiger partial charge in [0.1, 0.15) is 11.9 Å². The molecule has 112 valence electrons. The van der Waals surface area contributed by atoms with E-state index in [-0.39, 0.29) is 0 Å². The molecule has 3 rings (SSSR count). The standard InChI is InChI=1S/C17H17ClN4/c18-16-4-2-1-3-15(16)13-21-7-9-22(10-8-21)17-6-5-14(11-19)12-20-17/h1-6,12H,7-10,13H2. The van der Waals surface area contributed by atoms with Crippen molar-refractivity contribution in [3.63, 3.8) is 0 Å². The molecule has 0 saturated carbocycles. The van der Waals surface area contributed by atoms with Gasteiger partial charge in [0.05, 0.1) is 5.56 Å². The molecule has 0 unspecified atom stereocenters. The smallest absolute Gasteiger partial charge is 0.128 e. The largest absolute Gasteiger partial charge is 0.354 e. The van der Waals surface area contributed by atoms with E-state index in [0.29, 0.717) is 5.56 Å². The second kappa shape index (κ2) is 6.78. The number of rotatable bonds is 3. The van der Waals surface area contributed by atoms with Gasteiger partial charge in [-0.2, -0.15) is 5.26 Å². The number of halogens is 1. The van der Waals surface area contributed by atoms with Crippen LogP contribution in [0.5, 0.6) is 0 Å². The van der Waals surface area contributed by atoms with Crippen LogP contribution >= 0.6 is 11.6 Å². The number of benzene rings is 1. The van der Waals surface area contributed by atoms with Gasteiger partial charge in [0, 0.05) is 43.9 Å². The molecule has 22 heavy (non-hydrogen) atoms. The minimum atomic E-state index is 0.598. The van der Waals surface area contributed by atoms with E-state index in [2.05, 4.69) is 26.9 Å². The molecule has 1 fully saturated rings. The summed E-state index contributed by atoms with van der Waals surface area (Å²) < 4.78 is 0. The minimum absolute atomic E-state index is 0.598. The highest BCUT2D eigenvalue weighted by molar-refractivity contribution is 6.31. The number of aromatic nitrogens is 1. The summed E-state index contributed by atoms with van der Waals surface area (Å²) in [6, 6.07) is 13.8. The summed E-state index contributed by atoms with van der Waals surface area (Å²) in [4.78, 5) is 9.02. The molecule has 2 heterocycles. The Bertz CT molecular complexity index is 670. The summed E-state index contributed by atoms with van der Waals surface area (Å²) in [5.41, 5.74) is 1.77. The number of hydrogen-bond acceptors (Lipinski definition) is 4. The molecule has 0 spiro atoms. The number of pyridine rings is 1. The first-order chi connectivity index (χ1) is 10.8. The van der Waals surface area contributed by atoms with Crippen LogP contribution < -0.4 is 4.90 Å². The van der Waals surface area contributed by atoms with Crippen LogP contribution in [-0.4, -0.2) is 36.1 Å². The zero-order chi connectivity index (χ0) is 15.4. The average Bonchev–Trinajstić information content (AvgIpc) is 2.58. The SMILES string of the molecule is N#Cc1ccc(N2CCN(Cc3ccccc3Cl)CC2)nc1. The molecule has 0 amide bonds. The molecule has 1 saturated heterocycles. The zero-order valence-electron chi connectivity index (χ0n) is 12.2. The topological polar surface area (TPSA) is 43.2 Å². The van der Waals surface area contributed by atoms with Crippen molar-refractivity contribution < 1.29 is 0 Å². The van der Waals surface area contributed by atoms with Gasteiger partial charge in [-0.05, 0) is 23.8 Å². The van der Waals surface area contributed by atoms with E-state index < -0.39 is 0 Å². The lowest BCUT2D eigenvalue weighted by Gasteiger charge is -2.35. The van der Waals surface area contributed by atoms with E-state index in [1.807, 2.05) is 30.3 Å². The first-order valence-corrected chi connectivity index (χ1v) is 7.71. The second-order valence-electron chi connectivity index (χ2n) is 5.37. The molecule has 1 aliphatic rings. The molecule has 0 bridgehead atoms. The third kappa shape index (κ3) is 3.38. The summed E-state index contributed by atoms with van der Waals surface area (Å²) in [5.74, 6) is 0.941. The zero-order valence-corrected chi connectivity index (χ0v) is 13.0. The van der Waals surface area contributed by atoms with Crippen molar-refractivity contribution in [2.24, 2.45) is 0 Å². The second-order valence-corrected chi connectivity index (χ2v) is 5.78. The Kier molecular flexibility index (Phi) is 4.57. The van der Waals surface area contributed by atoms with Crippen molar-refractivity contribution in [1.29, 1.82) is 5.26 Å². The summed E-state index contributed by atoms with van der Waals surface area (Å²) in [6.07, 6.45) is 1.63. The molecule has 4 nitrogen and oxygen atoms in total. The highest BCUT2D eigenvalue weighted by atomic mass is 35.5. The molecule has 1 aromatic carbocycles. The van der Waals surface area contributed by atoms with Crippen LogP contribution in [0.25, 0.3) is 0 Å². The third-order valence-corrected chi connectivity index (χ3v) is 4.29. The fourth-order valence-electron chi connectivity index (χ4n) is 2.64. The van der Waals surface area contributed by atoms with Gasteiger partial charge in [0.2, 0.25) is 0 Å². The number of hydrogen-bond donors (Lipinski definition) is 0. The molecular weight excluding hydrogens is 296 g/mol. The van der Waals surface area contributed by atoms with Crippen LogP contribution in [0.2, 0.25) is 5.02 Å². The lowest BCUT2D eigenvalue weighted by molar-refractivity contribution is 0.249. The maximum atomic E-state index is 8.82. The third-order valence-electron chi connectivity index (χ3n) is 3.93. The number of piperazine rings is 1. The van der Waals surface area contributed by atoms with Crippen LogP contribution in [0.1, 0.15) is 11.1 Å². The quantitative estimate of drug-likeness (QED) is 0.874. The Balaban J connectivity index is 1.58. The Morgan fingerprint density at radius 1 is 1.09 bits per heavy atom. The van der Waals surface area contributed by atoms with Crippen LogP contribution in [0, 0.1) is 11.3 Å². The molecule has 5 heteroatoms. The number of anilines is 1. The van der Waals surface area contributed by atoms with E-state index in [4.69, 9.17) is 16.9 Å². The van der Waals surface area contributed by atoms with E-state index >= 15 is 0 Å². The predicted molar refractivity (Wildman–Crippen MR) is 87.9 cm³/mol. The van der Waals surface area contributed by atoms with E-state index in [0.717, 1.165) is 43.6 Å². The summed E-state index contributed by atoms with van der Waals surface area (Å²) in [5, 5.41) is 9.65. The van der Waals surface area contributed by atoms with Crippen LogP contribution in [-0.2, 0) is 6.54 Å². The van der Waals surface area contributed by atoms with Gasteiger partial charge >= 0.3 is 0 Å². The Hall–Kier alpha value is -2.09. The highest BCUT2D eigenvalue weighted by Gasteiger charge is 2.18. The Morgan fingerprint density at radius 2 is 1.86 bits per heavy atom. The maximum absolute atomic E-state index is 8.82. The predicted octanol–water partition coefficient (Wildman–Crippen LogP) is 2.93. The van der Waals surface area contributed by atoms with Crippen LogP contribution in [0.3, 0.4) is 0 Å². The fourth-order valence-corrected chi connectivity index (χ4v) is 2.84. The Labute approximate surface area is 135 Å². The Morgan fingerprint density at radius 3 is 2.50 bits per heavy atom. The van der Waals surface area contributed by atoms with E-state index in [1.54, 1.807) is 6.20 Å². The first-order valence-electron chi connectivity index (χ1n) is 7.33. The van der Waals surface area contributed by atoms with Crippen molar-refractivity contribution in [2.45, 2.75) is 6.54 Å². The van der Waals surface area contributed by atoms with Crippen molar-refractivity contribution in [3.8, 4) is 6.07 Å². The minimum Gasteiger partial charge on any atom is -0.354 e. The van der Waals surface area contributed by atoms with Gasteiger partial charge in [-0.3, -0.25) is 4.90 Å². The highest BCUT2D eigenvalue weighted by Crippen LogP contribution is 2.19. The molecule has 1 aliphatic heterocycles. The van der Waals surface area contributed by atoms with Gasteiger partial charge in [0.15, 0.2) is 0 Å². The summed E-state index contributed by atoms with van der Waals surface area (Å²) >= 11 is 6.22. The molecule has 2 aromatic rings. The normalized spacial score (nSPS) is 15.5. The molecule has 0 N–H and O–H groups in total. The molecular formula is C17H17ClN4. The molecule has 0 atom stereocenters. The van der Waals surface area contributed by atoms with Gasteiger partial charge < -0.3 is 4.90 Å². The van der Waals surface area contributed by atoms with Crippen molar-refractivity contribution >= 4 is 17.4 Å². The summed E-state index contributed by atoms with van der Waals surface area (Å²) in [7, 11) is 0. The van der Waals surface area contributed by atoms with Gasteiger partial charge in [-0.25, -0.2) is 4.98 Å². The van der Waals surface area contributed by atoms with Crippen molar-refractivity contribution in [3.05, 3.63) is 58.7 Å². The number of nitrogens with zero attached hydrogens (tertiary/aromatic N) is 4. The van der Waals surface area contributed by atoms with Crippen LogP contribution in [0.4, 0.5) is 5.82 Å². The maximum Gasteiger partial charge on any atom is 0.128 e. The van der Waals surface area contributed by atoms with Gasteiger partial charge in [0.25, 0.3) is 0 Å². The van der Waals surface area contributed by atoms with Crippen LogP contribution in [0.15, 0.2) is 42.6 Å². The number of nitriles is 1. The van der Waals surface area contributed by atoms with Gasteiger partial charge in [-0.15, -0.1) is 0 Å². The van der Waals surface area contributed by atoms with Crippen molar-refractivity contribution in [2.75, 3.05) is 31.1 Å². The lowest BCUT2D eigenvalue weighted by Crippen LogP contribution is -2.46. The molecule has 1 aromatic heterocycles.